The maximum Gasteiger partial charge on any atom is 0.262 e. The van der Waals surface area contributed by atoms with E-state index in [4.69, 9.17) is 9.72 Å². The Hall–Kier alpha value is -3.13. The van der Waals surface area contributed by atoms with Gasteiger partial charge in [0.2, 0.25) is 0 Å². The number of carbonyl (C=O) groups excluding carboxylic acids is 2. The maximum absolute atomic E-state index is 13.3. The number of nitrogens with one attached hydrogen (secondary N) is 1. The van der Waals surface area contributed by atoms with Gasteiger partial charge in [0.15, 0.2) is 10.9 Å². The molecule has 184 valence electrons. The summed E-state index contributed by atoms with van der Waals surface area (Å²) in [6.07, 6.45) is 4.27. The van der Waals surface area contributed by atoms with Gasteiger partial charge in [-0.3, -0.25) is 19.0 Å². The summed E-state index contributed by atoms with van der Waals surface area (Å²) in [6.45, 7) is 4.55. The van der Waals surface area contributed by atoms with Crippen molar-refractivity contribution in [1.29, 1.82) is 0 Å². The van der Waals surface area contributed by atoms with E-state index in [1.807, 2.05) is 13.8 Å². The van der Waals surface area contributed by atoms with E-state index >= 15 is 0 Å². The third kappa shape index (κ3) is 5.93. The molecular weight excluding hydrogens is 462 g/mol. The number of ketones is 1. The molecule has 1 aliphatic carbocycles. The maximum atomic E-state index is 13.3. The van der Waals surface area contributed by atoms with Crippen LogP contribution in [0.4, 0.5) is 0 Å². The molecule has 8 heteroatoms. The van der Waals surface area contributed by atoms with Crippen LogP contribution in [0.2, 0.25) is 0 Å². The molecule has 1 heterocycles. The van der Waals surface area contributed by atoms with Crippen molar-refractivity contribution < 1.29 is 14.3 Å². The molecule has 4 rings (SSSR count). The molecule has 1 aliphatic rings. The number of nitrogens with zero attached hydrogens (tertiary/aromatic N) is 2. The molecule has 35 heavy (non-hydrogen) atoms. The molecule has 0 saturated heterocycles. The number of ether oxygens (including phenoxy) is 1. The first-order valence-corrected chi connectivity index (χ1v) is 13.0. The monoisotopic (exact) mass is 493 g/mol. The Labute approximate surface area is 209 Å². The number of hydrogen-bond donors (Lipinski definition) is 1. The number of amides is 1. The smallest absolute Gasteiger partial charge is 0.262 e. The topological polar surface area (TPSA) is 90.3 Å². The lowest BCUT2D eigenvalue weighted by Gasteiger charge is -2.16. The van der Waals surface area contributed by atoms with Gasteiger partial charge in [-0.15, -0.1) is 0 Å². The Morgan fingerprint density at radius 1 is 1.11 bits per heavy atom. The molecule has 0 spiro atoms. The molecule has 0 bridgehead atoms. The van der Waals surface area contributed by atoms with Gasteiger partial charge in [-0.2, -0.15) is 0 Å². The highest BCUT2D eigenvalue weighted by Gasteiger charge is 2.20. The molecule has 3 aromatic rings. The van der Waals surface area contributed by atoms with Gasteiger partial charge in [0, 0.05) is 23.7 Å². The van der Waals surface area contributed by atoms with Crippen LogP contribution >= 0.6 is 11.8 Å². The first-order chi connectivity index (χ1) is 16.9. The predicted molar refractivity (Wildman–Crippen MR) is 139 cm³/mol. The third-order valence-electron chi connectivity index (χ3n) is 6.16. The summed E-state index contributed by atoms with van der Waals surface area (Å²) in [5, 5.41) is 4.03. The highest BCUT2D eigenvalue weighted by atomic mass is 32.2. The van der Waals surface area contributed by atoms with E-state index in [0.717, 1.165) is 25.7 Å². The molecule has 1 amide bonds. The number of aromatic nitrogens is 2. The molecule has 0 radical (unpaired) electrons. The van der Waals surface area contributed by atoms with Crippen LogP contribution in [0.5, 0.6) is 5.75 Å². The van der Waals surface area contributed by atoms with Gasteiger partial charge < -0.3 is 10.1 Å². The standard InChI is InChI=1S/C27H31N3O4S/c1-17(2)15-30-26(33)22-13-10-19(25(32)28-20-6-4-5-7-20)14-23(22)29-27(30)35-16-24(31)18-8-11-21(34-3)12-9-18/h8-14,17,20H,4-7,15-16H2,1-3H3,(H,28,32). The summed E-state index contributed by atoms with van der Waals surface area (Å²) in [4.78, 5) is 43.6. The third-order valence-corrected chi connectivity index (χ3v) is 7.14. The number of benzene rings is 2. The number of Topliss-reactive ketones (excluding diaryl/α,β-unsaturated/α-hetero) is 1. The molecule has 1 fully saturated rings. The van der Waals surface area contributed by atoms with E-state index < -0.39 is 0 Å². The van der Waals surface area contributed by atoms with Crippen molar-refractivity contribution in [3.8, 4) is 5.75 Å². The van der Waals surface area contributed by atoms with Crippen LogP contribution in [0, 0.1) is 5.92 Å². The van der Waals surface area contributed by atoms with Crippen LogP contribution in [-0.2, 0) is 6.54 Å². The lowest BCUT2D eigenvalue weighted by atomic mass is 10.1. The molecule has 1 aromatic heterocycles. The van der Waals surface area contributed by atoms with Crippen molar-refractivity contribution in [2.24, 2.45) is 5.92 Å². The van der Waals surface area contributed by atoms with E-state index in [1.54, 1.807) is 54.1 Å². The number of rotatable bonds is 9. The van der Waals surface area contributed by atoms with Crippen LogP contribution in [0.1, 0.15) is 60.2 Å². The molecule has 7 nitrogen and oxygen atoms in total. The molecule has 2 aromatic carbocycles. The van der Waals surface area contributed by atoms with Crippen molar-refractivity contribution in [2.45, 2.75) is 57.3 Å². The molecule has 0 atom stereocenters. The predicted octanol–water partition coefficient (Wildman–Crippen LogP) is 4.71. The first-order valence-electron chi connectivity index (χ1n) is 12.0. The van der Waals surface area contributed by atoms with Crippen LogP contribution < -0.4 is 15.6 Å². The van der Waals surface area contributed by atoms with Crippen LogP contribution in [-0.4, -0.2) is 40.1 Å². The minimum absolute atomic E-state index is 0.0622. The van der Waals surface area contributed by atoms with E-state index in [0.29, 0.717) is 39.5 Å². The normalized spacial score (nSPS) is 13.9. The zero-order valence-corrected chi connectivity index (χ0v) is 21.2. The van der Waals surface area contributed by atoms with Crippen molar-refractivity contribution in [2.75, 3.05) is 12.9 Å². The van der Waals surface area contributed by atoms with Gasteiger partial charge in [0.05, 0.1) is 23.8 Å². The Kier molecular flexibility index (Phi) is 7.90. The molecule has 0 unspecified atom stereocenters. The highest BCUT2D eigenvalue weighted by Crippen LogP contribution is 2.23. The zero-order chi connectivity index (χ0) is 24.9. The number of methoxy groups -OCH3 is 1. The van der Waals surface area contributed by atoms with Gasteiger partial charge in [0.1, 0.15) is 5.75 Å². The fourth-order valence-electron chi connectivity index (χ4n) is 4.31. The Morgan fingerprint density at radius 2 is 1.80 bits per heavy atom. The average Bonchev–Trinajstić information content (AvgIpc) is 3.37. The van der Waals surface area contributed by atoms with Crippen molar-refractivity contribution in [1.82, 2.24) is 14.9 Å². The summed E-state index contributed by atoms with van der Waals surface area (Å²) in [7, 11) is 1.58. The Balaban J connectivity index is 1.61. The van der Waals surface area contributed by atoms with Crippen molar-refractivity contribution in [3.05, 3.63) is 63.9 Å². The summed E-state index contributed by atoms with van der Waals surface area (Å²) in [5.41, 5.74) is 1.37. The van der Waals surface area contributed by atoms with Crippen LogP contribution in [0.3, 0.4) is 0 Å². The van der Waals surface area contributed by atoms with E-state index in [9.17, 15) is 14.4 Å². The first kappa shape index (κ1) is 25.0. The van der Waals surface area contributed by atoms with Crippen molar-refractivity contribution >= 4 is 34.4 Å². The van der Waals surface area contributed by atoms with E-state index in [2.05, 4.69) is 5.32 Å². The number of carbonyl (C=O) groups is 2. The number of fused-ring (bicyclic) bond motifs is 1. The quantitative estimate of drug-likeness (QED) is 0.264. The fraction of sp³-hybridized carbons (Fsp3) is 0.407. The van der Waals surface area contributed by atoms with Crippen molar-refractivity contribution in [3.63, 3.8) is 0 Å². The summed E-state index contributed by atoms with van der Waals surface area (Å²) >= 11 is 1.24. The van der Waals surface area contributed by atoms with Gasteiger partial charge in [-0.1, -0.05) is 38.5 Å². The largest absolute Gasteiger partial charge is 0.497 e. The van der Waals surface area contributed by atoms with E-state index in [1.165, 1.54) is 11.8 Å². The van der Waals surface area contributed by atoms with Gasteiger partial charge >= 0.3 is 0 Å². The second-order valence-electron chi connectivity index (χ2n) is 9.33. The SMILES string of the molecule is COc1ccc(C(=O)CSc2nc3cc(C(=O)NC4CCCC4)ccc3c(=O)n2CC(C)C)cc1. The second kappa shape index (κ2) is 11.1. The molecule has 0 aliphatic heterocycles. The Bertz CT molecular complexity index is 1280. The average molecular weight is 494 g/mol. The van der Waals surface area contributed by atoms with Gasteiger partial charge in [-0.25, -0.2) is 4.98 Å². The Morgan fingerprint density at radius 3 is 2.46 bits per heavy atom. The number of thioether (sulfide) groups is 1. The van der Waals surface area contributed by atoms with Crippen LogP contribution in [0.15, 0.2) is 52.4 Å². The number of hydrogen-bond acceptors (Lipinski definition) is 6. The van der Waals surface area contributed by atoms with E-state index in [-0.39, 0.29) is 35.0 Å². The lowest BCUT2D eigenvalue weighted by molar-refractivity contribution is 0.0937. The summed E-state index contributed by atoms with van der Waals surface area (Å²) < 4.78 is 6.79. The van der Waals surface area contributed by atoms with Gasteiger partial charge in [0.25, 0.3) is 11.5 Å². The highest BCUT2D eigenvalue weighted by molar-refractivity contribution is 7.99. The minimum Gasteiger partial charge on any atom is -0.497 e. The zero-order valence-electron chi connectivity index (χ0n) is 20.4. The van der Waals surface area contributed by atoms with Gasteiger partial charge in [-0.05, 0) is 61.2 Å². The molecular formula is C27H31N3O4S. The summed E-state index contributed by atoms with van der Waals surface area (Å²) in [6, 6.07) is 12.2. The van der Waals surface area contributed by atoms with Crippen LogP contribution in [0.25, 0.3) is 10.9 Å². The summed E-state index contributed by atoms with van der Waals surface area (Å²) in [5.74, 6) is 0.845. The lowest BCUT2D eigenvalue weighted by Crippen LogP contribution is -2.32. The fourth-order valence-corrected chi connectivity index (χ4v) is 5.21. The second-order valence-corrected chi connectivity index (χ2v) is 10.3. The minimum atomic E-state index is -0.161. The molecule has 1 saturated carbocycles. The molecule has 1 N–H and O–H groups in total.